The van der Waals surface area contributed by atoms with Crippen molar-refractivity contribution in [2.24, 2.45) is 0 Å². The van der Waals surface area contributed by atoms with E-state index in [2.05, 4.69) is 61.5 Å². The summed E-state index contributed by atoms with van der Waals surface area (Å²) < 4.78 is 0. The summed E-state index contributed by atoms with van der Waals surface area (Å²) in [5.74, 6) is 0.399. The molecule has 0 fully saturated rings. The van der Waals surface area contributed by atoms with Gasteiger partial charge in [0.15, 0.2) is 0 Å². The fourth-order valence-corrected chi connectivity index (χ4v) is 1.60. The molecule has 1 heteroatoms. The Morgan fingerprint density at radius 2 is 1.33 bits per heavy atom. The molecule has 0 saturated heterocycles. The van der Waals surface area contributed by atoms with E-state index in [1.165, 1.54) is 12.0 Å². The molecule has 104 valence electrons. The summed E-state index contributed by atoms with van der Waals surface area (Å²) in [6.45, 7) is 17.2. The molecule has 0 spiro atoms. The number of rotatable bonds is 0. The van der Waals surface area contributed by atoms with Crippen molar-refractivity contribution in [3.63, 3.8) is 0 Å². The fourth-order valence-electron chi connectivity index (χ4n) is 1.60. The topological polar surface area (TPSA) is 20.2 Å². The summed E-state index contributed by atoms with van der Waals surface area (Å²) in [6, 6.07) is 5.93. The van der Waals surface area contributed by atoms with E-state index in [1.54, 1.807) is 6.07 Å². The van der Waals surface area contributed by atoms with Gasteiger partial charge in [0.05, 0.1) is 0 Å². The second-order valence-corrected chi connectivity index (χ2v) is 6.94. The Kier molecular flexibility index (Phi) is 5.92. The van der Waals surface area contributed by atoms with Crippen molar-refractivity contribution in [1.82, 2.24) is 0 Å². The van der Waals surface area contributed by atoms with Crippen LogP contribution in [-0.4, -0.2) is 5.11 Å². The maximum atomic E-state index is 9.84. The minimum Gasteiger partial charge on any atom is -0.508 e. The first-order chi connectivity index (χ1) is 8.04. The van der Waals surface area contributed by atoms with Crippen LogP contribution < -0.4 is 0 Å². The molecule has 0 heterocycles. The van der Waals surface area contributed by atoms with Crippen molar-refractivity contribution in [2.45, 2.75) is 72.6 Å². The van der Waals surface area contributed by atoms with Crippen LogP contribution in [0.4, 0.5) is 0 Å². The Balaban J connectivity index is 0.000000873. The van der Waals surface area contributed by atoms with Gasteiger partial charge in [0.2, 0.25) is 0 Å². The van der Waals surface area contributed by atoms with Crippen molar-refractivity contribution in [2.75, 3.05) is 0 Å². The number of phenolic OH excluding ortho intramolecular Hbond substituents is 1. The van der Waals surface area contributed by atoms with Crippen molar-refractivity contribution < 1.29 is 5.11 Å². The van der Waals surface area contributed by atoms with Crippen LogP contribution >= 0.6 is 0 Å². The lowest BCUT2D eigenvalue weighted by molar-refractivity contribution is 0.444. The molecule has 0 bridgehead atoms. The highest BCUT2D eigenvalue weighted by molar-refractivity contribution is 5.42. The van der Waals surface area contributed by atoms with Gasteiger partial charge in [-0.2, -0.15) is 0 Å². The Hall–Kier alpha value is -0.980. The molecule has 18 heavy (non-hydrogen) atoms. The first-order valence-electron chi connectivity index (χ1n) is 6.88. The highest BCUT2D eigenvalue weighted by atomic mass is 16.3. The SMILES string of the molecule is CC(C)(C)c1ccc(O)c(C(C)(C)C)c1.CCC. The molecule has 0 atom stereocenters. The highest BCUT2D eigenvalue weighted by Gasteiger charge is 2.21. The van der Waals surface area contributed by atoms with Crippen LogP contribution in [0.25, 0.3) is 0 Å². The monoisotopic (exact) mass is 250 g/mol. The highest BCUT2D eigenvalue weighted by Crippen LogP contribution is 2.34. The summed E-state index contributed by atoms with van der Waals surface area (Å²) in [4.78, 5) is 0. The van der Waals surface area contributed by atoms with E-state index >= 15 is 0 Å². The molecule has 1 aromatic rings. The zero-order valence-corrected chi connectivity index (χ0v) is 13.4. The fraction of sp³-hybridized carbons (Fsp3) is 0.647. The third-order valence-corrected chi connectivity index (χ3v) is 2.67. The van der Waals surface area contributed by atoms with E-state index in [-0.39, 0.29) is 10.8 Å². The van der Waals surface area contributed by atoms with Gasteiger partial charge in [-0.05, 0) is 28.0 Å². The maximum absolute atomic E-state index is 9.84. The van der Waals surface area contributed by atoms with Gasteiger partial charge < -0.3 is 5.11 Å². The van der Waals surface area contributed by atoms with Crippen LogP contribution in [0.5, 0.6) is 5.75 Å². The first kappa shape index (κ1) is 17.0. The van der Waals surface area contributed by atoms with E-state index < -0.39 is 0 Å². The molecule has 0 aliphatic heterocycles. The van der Waals surface area contributed by atoms with Gasteiger partial charge in [0, 0.05) is 0 Å². The van der Waals surface area contributed by atoms with E-state index in [0.717, 1.165) is 5.56 Å². The van der Waals surface area contributed by atoms with Gasteiger partial charge >= 0.3 is 0 Å². The molecule has 0 saturated carbocycles. The quantitative estimate of drug-likeness (QED) is 0.653. The second-order valence-electron chi connectivity index (χ2n) is 6.94. The molecule has 0 aliphatic carbocycles. The van der Waals surface area contributed by atoms with Crippen LogP contribution in [0, 0.1) is 0 Å². The Labute approximate surface area is 113 Å². The zero-order valence-electron chi connectivity index (χ0n) is 13.4. The Morgan fingerprint density at radius 3 is 1.67 bits per heavy atom. The van der Waals surface area contributed by atoms with E-state index in [0.29, 0.717) is 5.75 Å². The van der Waals surface area contributed by atoms with Gasteiger partial charge in [-0.25, -0.2) is 0 Å². The number of phenols is 1. The van der Waals surface area contributed by atoms with Gasteiger partial charge in [-0.1, -0.05) is 73.9 Å². The van der Waals surface area contributed by atoms with E-state index in [9.17, 15) is 5.11 Å². The summed E-state index contributed by atoms with van der Waals surface area (Å²) in [7, 11) is 0. The molecular formula is C17H30O. The Bertz CT molecular complexity index is 364. The molecule has 1 aromatic carbocycles. The Morgan fingerprint density at radius 1 is 0.889 bits per heavy atom. The zero-order chi connectivity index (χ0) is 14.6. The molecule has 0 aliphatic rings. The molecule has 1 nitrogen and oxygen atoms in total. The standard InChI is InChI=1S/C14H22O.C3H8/c1-13(2,3)10-7-8-12(15)11(9-10)14(4,5)6;1-3-2/h7-9,15H,1-6H3;3H2,1-2H3. The van der Waals surface area contributed by atoms with E-state index in [4.69, 9.17) is 0 Å². The number of benzene rings is 1. The summed E-state index contributed by atoms with van der Waals surface area (Å²) in [6.07, 6.45) is 1.25. The summed E-state index contributed by atoms with van der Waals surface area (Å²) >= 11 is 0. The average molecular weight is 250 g/mol. The maximum Gasteiger partial charge on any atom is 0.119 e. The smallest absolute Gasteiger partial charge is 0.119 e. The van der Waals surface area contributed by atoms with Crippen molar-refractivity contribution in [1.29, 1.82) is 0 Å². The van der Waals surface area contributed by atoms with Crippen LogP contribution in [-0.2, 0) is 10.8 Å². The number of hydrogen-bond acceptors (Lipinski definition) is 1. The molecule has 0 aromatic heterocycles. The molecule has 0 unspecified atom stereocenters. The molecular weight excluding hydrogens is 220 g/mol. The van der Waals surface area contributed by atoms with Gasteiger partial charge in [-0.15, -0.1) is 0 Å². The molecule has 0 amide bonds. The van der Waals surface area contributed by atoms with Crippen molar-refractivity contribution in [3.8, 4) is 5.75 Å². The van der Waals surface area contributed by atoms with Gasteiger partial charge in [-0.3, -0.25) is 0 Å². The normalized spacial score (nSPS) is 11.8. The number of hydrogen-bond donors (Lipinski definition) is 1. The lowest BCUT2D eigenvalue weighted by atomic mass is 9.80. The lowest BCUT2D eigenvalue weighted by Crippen LogP contribution is -2.16. The first-order valence-corrected chi connectivity index (χ1v) is 6.88. The lowest BCUT2D eigenvalue weighted by Gasteiger charge is -2.25. The second kappa shape index (κ2) is 6.26. The third-order valence-electron chi connectivity index (χ3n) is 2.67. The minimum absolute atomic E-state index is 0.00859. The van der Waals surface area contributed by atoms with Crippen LogP contribution in [0.3, 0.4) is 0 Å². The third kappa shape index (κ3) is 5.12. The largest absolute Gasteiger partial charge is 0.508 e. The van der Waals surface area contributed by atoms with Crippen molar-refractivity contribution >= 4 is 0 Å². The van der Waals surface area contributed by atoms with Gasteiger partial charge in [0.1, 0.15) is 5.75 Å². The molecule has 1 N–H and O–H groups in total. The van der Waals surface area contributed by atoms with Gasteiger partial charge in [0.25, 0.3) is 0 Å². The van der Waals surface area contributed by atoms with Crippen molar-refractivity contribution in [3.05, 3.63) is 29.3 Å². The predicted molar refractivity (Wildman–Crippen MR) is 81.5 cm³/mol. The van der Waals surface area contributed by atoms with Crippen LogP contribution in [0.1, 0.15) is 72.9 Å². The molecule has 1 rings (SSSR count). The van der Waals surface area contributed by atoms with Crippen LogP contribution in [0.15, 0.2) is 18.2 Å². The average Bonchev–Trinajstić information content (AvgIpc) is 2.15. The summed E-state index contributed by atoms with van der Waals surface area (Å²) in [5.41, 5.74) is 2.42. The van der Waals surface area contributed by atoms with Crippen LogP contribution in [0.2, 0.25) is 0 Å². The number of aromatic hydroxyl groups is 1. The summed E-state index contributed by atoms with van der Waals surface area (Å²) in [5, 5.41) is 9.84. The molecule has 0 radical (unpaired) electrons. The van der Waals surface area contributed by atoms with E-state index in [1.807, 2.05) is 6.07 Å². The predicted octanol–water partition coefficient (Wildman–Crippen LogP) is 5.40. The minimum atomic E-state index is -0.00859.